The molecule has 0 aromatic rings. The van der Waals surface area contributed by atoms with Gasteiger partial charge in [0.2, 0.25) is 0 Å². The predicted octanol–water partition coefficient (Wildman–Crippen LogP) is -2.58. The van der Waals surface area contributed by atoms with Crippen molar-refractivity contribution in [2.75, 3.05) is 13.1 Å². The van der Waals surface area contributed by atoms with Gasteiger partial charge in [0.05, 0.1) is 6.10 Å². The van der Waals surface area contributed by atoms with Gasteiger partial charge in [-0.3, -0.25) is 0 Å². The average molecular weight is 177 g/mol. The number of aliphatic hydroxyl groups is 4. The minimum Gasteiger partial charge on any atom is -0.389 e. The molecule has 0 bridgehead atoms. The lowest BCUT2D eigenvalue weighted by atomic mass is 9.94. The van der Waals surface area contributed by atoms with E-state index in [9.17, 15) is 20.4 Å². The van der Waals surface area contributed by atoms with Gasteiger partial charge in [0.25, 0.3) is 0 Å². The maximum atomic E-state index is 9.53. The van der Waals surface area contributed by atoms with E-state index >= 15 is 0 Å². The Kier molecular flexibility index (Phi) is 2.70. The molecule has 0 aromatic heterocycles. The first-order valence-electron chi connectivity index (χ1n) is 3.92. The van der Waals surface area contributed by atoms with E-state index in [-0.39, 0.29) is 13.1 Å². The number of hydrogen-bond acceptors (Lipinski definition) is 5. The van der Waals surface area contributed by atoms with Crippen LogP contribution in [0.4, 0.5) is 0 Å². The number of hydrogen-bond donors (Lipinski definition) is 5. The first-order chi connectivity index (χ1) is 5.45. The standard InChI is InChI=1S/C7H15NO4/c1-7(12)3-8-2-4(9)5(10)6(7)11/h4-6,8-12H,2-3H2,1H3/t4-,5+,6-,7-/m0/s1. The van der Waals surface area contributed by atoms with E-state index in [1.54, 1.807) is 0 Å². The molecule has 1 rings (SSSR count). The molecule has 5 heteroatoms. The van der Waals surface area contributed by atoms with Gasteiger partial charge < -0.3 is 25.7 Å². The van der Waals surface area contributed by atoms with E-state index in [1.807, 2.05) is 0 Å². The number of aliphatic hydroxyl groups excluding tert-OH is 3. The second-order valence-electron chi connectivity index (χ2n) is 3.49. The summed E-state index contributed by atoms with van der Waals surface area (Å²) in [6.07, 6.45) is -3.65. The molecule has 72 valence electrons. The van der Waals surface area contributed by atoms with Gasteiger partial charge in [-0.15, -0.1) is 0 Å². The zero-order valence-electron chi connectivity index (χ0n) is 6.94. The normalized spacial score (nSPS) is 50.2. The van der Waals surface area contributed by atoms with Crippen molar-refractivity contribution in [1.29, 1.82) is 0 Å². The number of β-amino-alcohol motifs (C(OH)–C–C–N with tert-alkyl or cyclic N) is 2. The molecule has 0 saturated carbocycles. The summed E-state index contributed by atoms with van der Waals surface area (Å²) in [7, 11) is 0. The van der Waals surface area contributed by atoms with Gasteiger partial charge in [-0.1, -0.05) is 0 Å². The molecule has 0 spiro atoms. The monoisotopic (exact) mass is 177 g/mol. The largest absolute Gasteiger partial charge is 0.389 e. The smallest absolute Gasteiger partial charge is 0.112 e. The third-order valence-corrected chi connectivity index (χ3v) is 2.19. The Bertz CT molecular complexity index is 161. The Balaban J connectivity index is 2.74. The highest BCUT2D eigenvalue weighted by molar-refractivity contribution is 4.95. The van der Waals surface area contributed by atoms with Crippen LogP contribution in [0.5, 0.6) is 0 Å². The lowest BCUT2D eigenvalue weighted by Crippen LogP contribution is -2.51. The van der Waals surface area contributed by atoms with Crippen molar-refractivity contribution in [3.63, 3.8) is 0 Å². The third kappa shape index (κ3) is 1.75. The summed E-state index contributed by atoms with van der Waals surface area (Å²) in [4.78, 5) is 0. The summed E-state index contributed by atoms with van der Waals surface area (Å²) in [5.41, 5.74) is -1.39. The molecular formula is C7H15NO4. The van der Waals surface area contributed by atoms with Crippen LogP contribution in [0.1, 0.15) is 6.92 Å². The second-order valence-corrected chi connectivity index (χ2v) is 3.49. The van der Waals surface area contributed by atoms with Crippen LogP contribution in [-0.4, -0.2) is 57.4 Å². The molecule has 12 heavy (non-hydrogen) atoms. The quantitative estimate of drug-likeness (QED) is 0.280. The van der Waals surface area contributed by atoms with Crippen molar-refractivity contribution in [2.24, 2.45) is 0 Å². The molecule has 1 aliphatic rings. The maximum Gasteiger partial charge on any atom is 0.112 e. The van der Waals surface area contributed by atoms with Gasteiger partial charge in [-0.25, -0.2) is 0 Å². The molecule has 5 nitrogen and oxygen atoms in total. The van der Waals surface area contributed by atoms with Gasteiger partial charge in [0.15, 0.2) is 0 Å². The lowest BCUT2D eigenvalue weighted by Gasteiger charge is -2.29. The topological polar surface area (TPSA) is 93.0 Å². The Morgan fingerprint density at radius 2 is 1.92 bits per heavy atom. The molecular weight excluding hydrogens is 162 g/mol. The molecule has 1 heterocycles. The Labute approximate surface area is 70.6 Å². The zero-order valence-corrected chi connectivity index (χ0v) is 6.94. The highest BCUT2D eigenvalue weighted by Crippen LogP contribution is 2.17. The first-order valence-corrected chi connectivity index (χ1v) is 3.92. The van der Waals surface area contributed by atoms with Crippen LogP contribution in [0.3, 0.4) is 0 Å². The summed E-state index contributed by atoms with van der Waals surface area (Å²) in [5, 5.41) is 40.1. The molecule has 0 aliphatic carbocycles. The van der Waals surface area contributed by atoms with Crippen LogP contribution in [-0.2, 0) is 0 Å². The molecule has 0 amide bonds. The van der Waals surface area contributed by atoms with Gasteiger partial charge in [0, 0.05) is 13.1 Å². The number of rotatable bonds is 0. The summed E-state index contributed by atoms with van der Waals surface area (Å²) in [6, 6.07) is 0. The second kappa shape index (κ2) is 3.27. The fraction of sp³-hybridized carbons (Fsp3) is 1.00. The van der Waals surface area contributed by atoms with E-state index in [1.165, 1.54) is 6.92 Å². The minimum absolute atomic E-state index is 0.155. The van der Waals surface area contributed by atoms with Crippen LogP contribution < -0.4 is 5.32 Å². The average Bonchev–Trinajstić information content (AvgIpc) is 2.06. The summed E-state index contributed by atoms with van der Waals surface area (Å²) < 4.78 is 0. The van der Waals surface area contributed by atoms with Crippen LogP contribution in [0.25, 0.3) is 0 Å². The van der Waals surface area contributed by atoms with Crippen molar-refractivity contribution < 1.29 is 20.4 Å². The van der Waals surface area contributed by atoms with Crippen molar-refractivity contribution in [3.8, 4) is 0 Å². The molecule has 1 aliphatic heterocycles. The summed E-state index contributed by atoms with van der Waals surface area (Å²) in [5.74, 6) is 0. The SMILES string of the molecule is C[C@]1(O)CNC[C@H](O)[C@@H](O)[C@@H]1O. The van der Waals surface area contributed by atoms with Crippen LogP contribution in [0.15, 0.2) is 0 Å². The molecule has 0 radical (unpaired) electrons. The van der Waals surface area contributed by atoms with Gasteiger partial charge >= 0.3 is 0 Å². The van der Waals surface area contributed by atoms with E-state index in [4.69, 9.17) is 0 Å². The van der Waals surface area contributed by atoms with E-state index in [0.29, 0.717) is 0 Å². The summed E-state index contributed by atoms with van der Waals surface area (Å²) in [6.45, 7) is 1.74. The Hall–Kier alpha value is -0.200. The highest BCUT2D eigenvalue weighted by Gasteiger charge is 2.40. The first kappa shape index (κ1) is 9.88. The molecule has 0 unspecified atom stereocenters. The molecule has 1 saturated heterocycles. The van der Waals surface area contributed by atoms with Crippen molar-refractivity contribution >= 4 is 0 Å². The van der Waals surface area contributed by atoms with Crippen LogP contribution in [0, 0.1) is 0 Å². The summed E-state index contributed by atoms with van der Waals surface area (Å²) >= 11 is 0. The van der Waals surface area contributed by atoms with Crippen LogP contribution >= 0.6 is 0 Å². The Morgan fingerprint density at radius 1 is 1.33 bits per heavy atom. The fourth-order valence-electron chi connectivity index (χ4n) is 1.28. The maximum absolute atomic E-state index is 9.53. The Morgan fingerprint density at radius 3 is 2.50 bits per heavy atom. The van der Waals surface area contributed by atoms with Gasteiger partial charge in [-0.05, 0) is 6.92 Å². The zero-order chi connectivity index (χ0) is 9.35. The van der Waals surface area contributed by atoms with E-state index in [2.05, 4.69) is 5.32 Å². The van der Waals surface area contributed by atoms with E-state index in [0.717, 1.165) is 0 Å². The highest BCUT2D eigenvalue weighted by atomic mass is 16.4. The van der Waals surface area contributed by atoms with Gasteiger partial charge in [-0.2, -0.15) is 0 Å². The van der Waals surface area contributed by atoms with Crippen molar-refractivity contribution in [1.82, 2.24) is 5.32 Å². The van der Waals surface area contributed by atoms with Crippen molar-refractivity contribution in [3.05, 3.63) is 0 Å². The fourth-order valence-corrected chi connectivity index (χ4v) is 1.28. The third-order valence-electron chi connectivity index (χ3n) is 2.19. The minimum atomic E-state index is -1.39. The molecule has 1 fully saturated rings. The molecule has 4 atom stereocenters. The number of nitrogens with one attached hydrogen (secondary N) is 1. The van der Waals surface area contributed by atoms with E-state index < -0.39 is 23.9 Å². The lowest BCUT2D eigenvalue weighted by molar-refractivity contribution is -0.129. The molecule has 0 aromatic carbocycles. The van der Waals surface area contributed by atoms with Crippen LogP contribution in [0.2, 0.25) is 0 Å². The molecule has 5 N–H and O–H groups in total. The van der Waals surface area contributed by atoms with Gasteiger partial charge in [0.1, 0.15) is 17.8 Å². The van der Waals surface area contributed by atoms with Crippen molar-refractivity contribution in [2.45, 2.75) is 30.8 Å². The predicted molar refractivity (Wildman–Crippen MR) is 41.5 cm³/mol.